The van der Waals surface area contributed by atoms with Crippen LogP contribution >= 0.6 is 0 Å². The molecule has 1 aliphatic heterocycles. The molecule has 1 saturated heterocycles. The molecule has 1 aromatic heterocycles. The Morgan fingerprint density at radius 2 is 1.61 bits per heavy atom. The van der Waals surface area contributed by atoms with E-state index in [1.807, 2.05) is 0 Å². The third-order valence-corrected chi connectivity index (χ3v) is 4.93. The van der Waals surface area contributed by atoms with Crippen molar-refractivity contribution in [3.63, 3.8) is 0 Å². The molecule has 4 rings (SSSR count). The van der Waals surface area contributed by atoms with E-state index in [2.05, 4.69) is 19.8 Å². The standard InChI is InChI=1S/C21H20F3N3O4/c1-28-17-8-5-13(11-18(17)29-2)19-25-26-20(30-19)15-12-14(31-21(22,23)24)6-7-16(15)27-9-3-4-10-27/h5-8,11-12H,3-4,9-10H2,1-2H3. The lowest BCUT2D eigenvalue weighted by Gasteiger charge is -2.21. The molecule has 7 nitrogen and oxygen atoms in total. The van der Waals surface area contributed by atoms with Crippen LogP contribution in [0.15, 0.2) is 40.8 Å². The highest BCUT2D eigenvalue weighted by Gasteiger charge is 2.32. The number of methoxy groups -OCH3 is 2. The fourth-order valence-corrected chi connectivity index (χ4v) is 3.54. The number of hydrogen-bond donors (Lipinski definition) is 0. The molecule has 164 valence electrons. The number of rotatable bonds is 6. The maximum absolute atomic E-state index is 12.7. The molecular weight excluding hydrogens is 415 g/mol. The third-order valence-electron chi connectivity index (χ3n) is 4.93. The van der Waals surface area contributed by atoms with Crippen molar-refractivity contribution in [2.75, 3.05) is 32.2 Å². The Kier molecular flexibility index (Phi) is 5.62. The van der Waals surface area contributed by atoms with Crippen LogP contribution in [0.2, 0.25) is 0 Å². The predicted octanol–water partition coefficient (Wildman–Crippen LogP) is 4.92. The van der Waals surface area contributed by atoms with Crippen molar-refractivity contribution >= 4 is 5.69 Å². The van der Waals surface area contributed by atoms with E-state index in [-0.39, 0.29) is 17.5 Å². The van der Waals surface area contributed by atoms with Gasteiger partial charge in [0.25, 0.3) is 0 Å². The van der Waals surface area contributed by atoms with Crippen molar-refractivity contribution in [3.8, 4) is 40.2 Å². The maximum Gasteiger partial charge on any atom is 0.573 e. The largest absolute Gasteiger partial charge is 0.573 e. The Balaban J connectivity index is 1.73. The van der Waals surface area contributed by atoms with Crippen molar-refractivity contribution in [2.24, 2.45) is 0 Å². The van der Waals surface area contributed by atoms with Crippen LogP contribution in [-0.4, -0.2) is 43.9 Å². The Morgan fingerprint density at radius 1 is 0.903 bits per heavy atom. The molecule has 0 unspecified atom stereocenters. The molecular formula is C21H20F3N3O4. The molecule has 1 aliphatic rings. The number of hydrogen-bond acceptors (Lipinski definition) is 7. The number of ether oxygens (including phenoxy) is 3. The summed E-state index contributed by atoms with van der Waals surface area (Å²) in [4.78, 5) is 2.08. The predicted molar refractivity (Wildman–Crippen MR) is 106 cm³/mol. The first kappa shape index (κ1) is 20.8. The van der Waals surface area contributed by atoms with Crippen molar-refractivity contribution in [1.29, 1.82) is 0 Å². The van der Waals surface area contributed by atoms with E-state index in [0.29, 0.717) is 22.6 Å². The number of halogens is 3. The van der Waals surface area contributed by atoms with Crippen molar-refractivity contribution in [3.05, 3.63) is 36.4 Å². The molecule has 2 heterocycles. The summed E-state index contributed by atoms with van der Waals surface area (Å²) in [5.41, 5.74) is 1.68. The van der Waals surface area contributed by atoms with Gasteiger partial charge in [0, 0.05) is 24.3 Å². The minimum absolute atomic E-state index is 0.0966. The van der Waals surface area contributed by atoms with E-state index in [1.165, 1.54) is 26.4 Å². The first-order valence-corrected chi connectivity index (χ1v) is 9.59. The Labute approximate surface area is 176 Å². The lowest BCUT2D eigenvalue weighted by atomic mass is 10.1. The van der Waals surface area contributed by atoms with Crippen molar-refractivity contribution in [1.82, 2.24) is 10.2 Å². The number of nitrogens with zero attached hydrogens (tertiary/aromatic N) is 3. The van der Waals surface area contributed by atoms with Crippen LogP contribution in [0, 0.1) is 0 Å². The zero-order valence-electron chi connectivity index (χ0n) is 16.9. The summed E-state index contributed by atoms with van der Waals surface area (Å²) in [6, 6.07) is 9.25. The van der Waals surface area contributed by atoms with E-state index in [4.69, 9.17) is 13.9 Å². The van der Waals surface area contributed by atoms with Gasteiger partial charge in [-0.1, -0.05) is 0 Å². The van der Waals surface area contributed by atoms with Gasteiger partial charge < -0.3 is 23.5 Å². The molecule has 1 fully saturated rings. The molecule has 3 aromatic rings. The summed E-state index contributed by atoms with van der Waals surface area (Å²) in [5, 5.41) is 8.15. The maximum atomic E-state index is 12.7. The first-order chi connectivity index (χ1) is 14.9. The minimum Gasteiger partial charge on any atom is -0.493 e. The number of anilines is 1. The van der Waals surface area contributed by atoms with E-state index < -0.39 is 6.36 Å². The Morgan fingerprint density at radius 3 is 2.29 bits per heavy atom. The van der Waals surface area contributed by atoms with Gasteiger partial charge in [-0.3, -0.25) is 0 Å². The second-order valence-electron chi connectivity index (χ2n) is 6.90. The van der Waals surface area contributed by atoms with Crippen LogP contribution in [0.5, 0.6) is 17.2 Å². The molecule has 0 N–H and O–H groups in total. The molecule has 0 amide bonds. The molecule has 0 saturated carbocycles. The average molecular weight is 435 g/mol. The van der Waals surface area contributed by atoms with E-state index in [0.717, 1.165) is 31.6 Å². The second kappa shape index (κ2) is 8.37. The average Bonchev–Trinajstić information content (AvgIpc) is 3.44. The summed E-state index contributed by atoms with van der Waals surface area (Å²) < 4.78 is 58.6. The second-order valence-corrected chi connectivity index (χ2v) is 6.90. The topological polar surface area (TPSA) is 69.9 Å². The van der Waals surface area contributed by atoms with E-state index >= 15 is 0 Å². The SMILES string of the molecule is COc1ccc(-c2nnc(-c3cc(OC(F)(F)F)ccc3N3CCCC3)o2)cc1OC. The summed E-state index contributed by atoms with van der Waals surface area (Å²) in [5.74, 6) is 0.971. The highest BCUT2D eigenvalue weighted by atomic mass is 19.4. The van der Waals surface area contributed by atoms with Gasteiger partial charge in [-0.2, -0.15) is 0 Å². The summed E-state index contributed by atoms with van der Waals surface area (Å²) in [7, 11) is 3.04. The van der Waals surface area contributed by atoms with Gasteiger partial charge in [0.2, 0.25) is 11.8 Å². The smallest absolute Gasteiger partial charge is 0.493 e. The highest BCUT2D eigenvalue weighted by molar-refractivity contribution is 5.76. The number of alkyl halides is 3. The summed E-state index contributed by atoms with van der Waals surface area (Å²) >= 11 is 0. The van der Waals surface area contributed by atoms with E-state index in [1.54, 1.807) is 24.3 Å². The van der Waals surface area contributed by atoms with Crippen LogP contribution in [0.1, 0.15) is 12.8 Å². The molecule has 0 radical (unpaired) electrons. The minimum atomic E-state index is -4.80. The third kappa shape index (κ3) is 4.52. The van der Waals surface area contributed by atoms with Gasteiger partial charge in [0.15, 0.2) is 11.5 Å². The van der Waals surface area contributed by atoms with Crippen LogP contribution in [0.25, 0.3) is 22.9 Å². The summed E-state index contributed by atoms with van der Waals surface area (Å²) in [6.45, 7) is 1.59. The number of benzene rings is 2. The van der Waals surface area contributed by atoms with Crippen molar-refractivity contribution < 1.29 is 31.8 Å². The van der Waals surface area contributed by atoms with Gasteiger partial charge in [-0.25, -0.2) is 0 Å². The molecule has 0 aliphatic carbocycles. The lowest BCUT2D eigenvalue weighted by Crippen LogP contribution is -2.19. The molecule has 10 heteroatoms. The van der Waals surface area contributed by atoms with Crippen LogP contribution in [0.3, 0.4) is 0 Å². The lowest BCUT2D eigenvalue weighted by molar-refractivity contribution is -0.274. The molecule has 31 heavy (non-hydrogen) atoms. The molecule has 0 spiro atoms. The number of aromatic nitrogens is 2. The Hall–Kier alpha value is -3.43. The zero-order valence-corrected chi connectivity index (χ0v) is 16.9. The zero-order chi connectivity index (χ0) is 22.0. The van der Waals surface area contributed by atoms with Gasteiger partial charge in [0.05, 0.1) is 19.8 Å². The van der Waals surface area contributed by atoms with Gasteiger partial charge in [-0.15, -0.1) is 23.4 Å². The first-order valence-electron chi connectivity index (χ1n) is 9.59. The molecule has 2 aromatic carbocycles. The van der Waals surface area contributed by atoms with Crippen LogP contribution < -0.4 is 19.1 Å². The fraction of sp³-hybridized carbons (Fsp3) is 0.333. The molecule has 0 bridgehead atoms. The molecule has 0 atom stereocenters. The van der Waals surface area contributed by atoms with Gasteiger partial charge >= 0.3 is 6.36 Å². The quantitative estimate of drug-likeness (QED) is 0.544. The summed E-state index contributed by atoms with van der Waals surface area (Å²) in [6.07, 6.45) is -2.80. The Bertz CT molecular complexity index is 1060. The van der Waals surface area contributed by atoms with Gasteiger partial charge in [-0.05, 0) is 49.2 Å². The van der Waals surface area contributed by atoms with E-state index in [9.17, 15) is 13.2 Å². The highest BCUT2D eigenvalue weighted by Crippen LogP contribution is 2.38. The van der Waals surface area contributed by atoms with Crippen molar-refractivity contribution in [2.45, 2.75) is 19.2 Å². The normalized spacial score (nSPS) is 14.0. The fourth-order valence-electron chi connectivity index (χ4n) is 3.54. The van der Waals surface area contributed by atoms with Crippen LogP contribution in [-0.2, 0) is 0 Å². The van der Waals surface area contributed by atoms with Crippen LogP contribution in [0.4, 0.5) is 18.9 Å². The van der Waals surface area contributed by atoms with Gasteiger partial charge in [0.1, 0.15) is 5.75 Å². The monoisotopic (exact) mass is 435 g/mol.